The van der Waals surface area contributed by atoms with Crippen LogP contribution in [-0.4, -0.2) is 35.3 Å². The number of aliphatic hydroxyl groups is 1. The molecule has 0 amide bonds. The molecule has 0 radical (unpaired) electrons. The standard InChI is InChI=1S/C5H6Cl2O5/c6-4(9)11-1-3(8)2-12-5(7)10/h3,8H,1-2H2. The molecule has 0 atom stereocenters. The Bertz CT molecular complexity index is 153. The highest BCUT2D eigenvalue weighted by Gasteiger charge is 2.08. The first-order valence-electron chi connectivity index (χ1n) is 2.85. The minimum Gasteiger partial charge on any atom is -0.451 e. The molecule has 12 heavy (non-hydrogen) atoms. The predicted octanol–water partition coefficient (Wildman–Crippen LogP) is 1.10. The highest BCUT2D eigenvalue weighted by atomic mass is 35.5. The fraction of sp³-hybridized carbons (Fsp3) is 0.600. The largest absolute Gasteiger partial charge is 0.451 e. The van der Waals surface area contributed by atoms with Gasteiger partial charge in [0.25, 0.3) is 0 Å². The molecule has 0 aromatic carbocycles. The van der Waals surface area contributed by atoms with E-state index in [1.54, 1.807) is 0 Å². The van der Waals surface area contributed by atoms with Crippen LogP contribution in [0.3, 0.4) is 0 Å². The Labute approximate surface area is 78.1 Å². The Balaban J connectivity index is 3.39. The van der Waals surface area contributed by atoms with Crippen LogP contribution < -0.4 is 0 Å². The maximum atomic E-state index is 9.98. The highest BCUT2D eigenvalue weighted by Crippen LogP contribution is 1.94. The van der Waals surface area contributed by atoms with E-state index in [0.29, 0.717) is 0 Å². The van der Waals surface area contributed by atoms with Gasteiger partial charge in [0.15, 0.2) is 0 Å². The predicted molar refractivity (Wildman–Crippen MR) is 40.4 cm³/mol. The van der Waals surface area contributed by atoms with Crippen LogP contribution in [0.25, 0.3) is 0 Å². The van der Waals surface area contributed by atoms with Gasteiger partial charge in [-0.2, -0.15) is 0 Å². The van der Waals surface area contributed by atoms with Gasteiger partial charge < -0.3 is 14.6 Å². The summed E-state index contributed by atoms with van der Waals surface area (Å²) in [6.07, 6.45) is -1.12. The summed E-state index contributed by atoms with van der Waals surface area (Å²) < 4.78 is 8.36. The maximum absolute atomic E-state index is 9.98. The molecule has 0 spiro atoms. The van der Waals surface area contributed by atoms with Crippen LogP contribution in [0.1, 0.15) is 0 Å². The van der Waals surface area contributed by atoms with Gasteiger partial charge in [-0.3, -0.25) is 0 Å². The number of hydrogen-bond donors (Lipinski definition) is 1. The van der Waals surface area contributed by atoms with E-state index < -0.39 is 17.0 Å². The van der Waals surface area contributed by atoms with Crippen molar-refractivity contribution in [3.8, 4) is 0 Å². The van der Waals surface area contributed by atoms with Crippen LogP contribution in [0, 0.1) is 0 Å². The normalized spacial score (nSPS) is 9.67. The number of rotatable bonds is 4. The van der Waals surface area contributed by atoms with Crippen molar-refractivity contribution < 1.29 is 24.2 Å². The average Bonchev–Trinajstić information content (AvgIpc) is 1.96. The minimum absolute atomic E-state index is 0.341. The van der Waals surface area contributed by atoms with Gasteiger partial charge in [-0.15, -0.1) is 0 Å². The molecule has 0 rings (SSSR count). The molecule has 0 bridgehead atoms. The first-order chi connectivity index (χ1) is 5.52. The average molecular weight is 217 g/mol. The van der Waals surface area contributed by atoms with Gasteiger partial charge in [0, 0.05) is 23.2 Å². The Morgan fingerprint density at radius 3 is 1.75 bits per heavy atom. The first-order valence-corrected chi connectivity index (χ1v) is 3.60. The van der Waals surface area contributed by atoms with Crippen molar-refractivity contribution in [3.63, 3.8) is 0 Å². The van der Waals surface area contributed by atoms with Gasteiger partial charge in [0.05, 0.1) is 0 Å². The third-order valence-electron chi connectivity index (χ3n) is 0.778. The Hall–Kier alpha value is -0.520. The van der Waals surface area contributed by atoms with Crippen molar-refractivity contribution in [1.82, 2.24) is 0 Å². The SMILES string of the molecule is O=C(Cl)OCC(O)COC(=O)Cl. The van der Waals surface area contributed by atoms with Crippen molar-refractivity contribution in [1.29, 1.82) is 0 Å². The molecule has 0 aliphatic heterocycles. The Morgan fingerprint density at radius 2 is 1.50 bits per heavy atom. The summed E-state index contributed by atoms with van der Waals surface area (Å²) in [7, 11) is 0. The number of aliphatic hydroxyl groups excluding tert-OH is 1. The molecule has 5 nitrogen and oxygen atoms in total. The molecular weight excluding hydrogens is 211 g/mol. The lowest BCUT2D eigenvalue weighted by atomic mass is 10.4. The van der Waals surface area contributed by atoms with E-state index in [4.69, 9.17) is 28.3 Å². The Kier molecular flexibility index (Phi) is 5.79. The van der Waals surface area contributed by atoms with Gasteiger partial charge in [-0.25, -0.2) is 9.59 Å². The zero-order valence-electron chi connectivity index (χ0n) is 5.83. The van der Waals surface area contributed by atoms with Crippen molar-refractivity contribution in [2.75, 3.05) is 13.2 Å². The smallest absolute Gasteiger partial charge is 0.403 e. The van der Waals surface area contributed by atoms with Crippen molar-refractivity contribution >= 4 is 34.1 Å². The van der Waals surface area contributed by atoms with Crippen LogP contribution in [0.2, 0.25) is 0 Å². The fourth-order valence-electron chi connectivity index (χ4n) is 0.372. The quantitative estimate of drug-likeness (QED) is 0.713. The molecule has 0 aromatic rings. The van der Waals surface area contributed by atoms with Crippen molar-refractivity contribution in [3.05, 3.63) is 0 Å². The summed E-state index contributed by atoms with van der Waals surface area (Å²) in [5.41, 5.74) is -2.07. The van der Waals surface area contributed by atoms with E-state index >= 15 is 0 Å². The number of carbonyl (C=O) groups excluding carboxylic acids is 2. The number of carbonyl (C=O) groups is 2. The summed E-state index contributed by atoms with van der Waals surface area (Å²) in [6.45, 7) is -0.682. The molecule has 0 aliphatic rings. The molecule has 0 unspecified atom stereocenters. The lowest BCUT2D eigenvalue weighted by Gasteiger charge is -2.08. The lowest BCUT2D eigenvalue weighted by molar-refractivity contribution is 0.0345. The van der Waals surface area contributed by atoms with Gasteiger partial charge in [-0.05, 0) is 0 Å². The van der Waals surface area contributed by atoms with Crippen LogP contribution in [0.5, 0.6) is 0 Å². The van der Waals surface area contributed by atoms with E-state index in [2.05, 4.69) is 9.47 Å². The van der Waals surface area contributed by atoms with E-state index in [-0.39, 0.29) is 13.2 Å². The summed E-state index contributed by atoms with van der Waals surface area (Å²) >= 11 is 9.56. The van der Waals surface area contributed by atoms with E-state index in [1.165, 1.54) is 0 Å². The summed E-state index contributed by atoms with van der Waals surface area (Å²) in [4.78, 5) is 20.0. The summed E-state index contributed by atoms with van der Waals surface area (Å²) in [6, 6.07) is 0. The second-order valence-electron chi connectivity index (χ2n) is 1.75. The molecule has 0 heterocycles. The molecule has 0 fully saturated rings. The number of halogens is 2. The summed E-state index contributed by atoms with van der Waals surface area (Å²) in [5.74, 6) is 0. The maximum Gasteiger partial charge on any atom is 0.403 e. The van der Waals surface area contributed by atoms with Crippen LogP contribution >= 0.6 is 23.2 Å². The van der Waals surface area contributed by atoms with Gasteiger partial charge >= 0.3 is 10.9 Å². The van der Waals surface area contributed by atoms with Crippen molar-refractivity contribution in [2.24, 2.45) is 0 Å². The summed E-state index contributed by atoms with van der Waals surface area (Å²) in [5, 5.41) is 8.88. The molecule has 0 saturated heterocycles. The first kappa shape index (κ1) is 11.5. The number of hydrogen-bond acceptors (Lipinski definition) is 5. The van der Waals surface area contributed by atoms with Crippen molar-refractivity contribution in [2.45, 2.75) is 6.10 Å². The van der Waals surface area contributed by atoms with Crippen LogP contribution in [0.4, 0.5) is 9.59 Å². The van der Waals surface area contributed by atoms with E-state index in [1.807, 2.05) is 0 Å². The second-order valence-corrected chi connectivity index (χ2v) is 2.37. The highest BCUT2D eigenvalue weighted by molar-refractivity contribution is 6.61. The molecular formula is C5H6Cl2O5. The van der Waals surface area contributed by atoms with E-state index in [0.717, 1.165) is 0 Å². The molecule has 70 valence electrons. The lowest BCUT2D eigenvalue weighted by Crippen LogP contribution is -2.22. The third kappa shape index (κ3) is 7.59. The molecule has 0 aromatic heterocycles. The Morgan fingerprint density at radius 1 is 1.17 bits per heavy atom. The molecule has 1 N–H and O–H groups in total. The van der Waals surface area contributed by atoms with Crippen LogP contribution in [-0.2, 0) is 9.47 Å². The minimum atomic E-state index is -1.12. The topological polar surface area (TPSA) is 72.8 Å². The van der Waals surface area contributed by atoms with Crippen LogP contribution in [0.15, 0.2) is 0 Å². The monoisotopic (exact) mass is 216 g/mol. The molecule has 0 aliphatic carbocycles. The molecule has 0 saturated carbocycles. The zero-order chi connectivity index (χ0) is 9.56. The van der Waals surface area contributed by atoms with Gasteiger partial charge in [0.1, 0.15) is 19.3 Å². The third-order valence-corrected chi connectivity index (χ3v) is 0.997. The molecule has 7 heteroatoms. The number of ether oxygens (including phenoxy) is 2. The fourth-order valence-corrected chi connectivity index (χ4v) is 0.498. The zero-order valence-corrected chi connectivity index (χ0v) is 7.34. The van der Waals surface area contributed by atoms with E-state index in [9.17, 15) is 9.59 Å². The van der Waals surface area contributed by atoms with Gasteiger partial charge in [-0.1, -0.05) is 0 Å². The van der Waals surface area contributed by atoms with Gasteiger partial charge in [0.2, 0.25) is 0 Å². The second kappa shape index (κ2) is 6.05.